The number of rotatable bonds is 11. The number of esters is 1. The summed E-state index contributed by atoms with van der Waals surface area (Å²) in [5.41, 5.74) is 0. The van der Waals surface area contributed by atoms with Gasteiger partial charge in [-0.1, -0.05) is 120 Å². The summed E-state index contributed by atoms with van der Waals surface area (Å²) in [5, 5.41) is 2.47. The van der Waals surface area contributed by atoms with Gasteiger partial charge < -0.3 is 9.16 Å². The Morgan fingerprint density at radius 1 is 0.968 bits per heavy atom. The Hall–Kier alpha value is -2.17. The van der Waals surface area contributed by atoms with Crippen molar-refractivity contribution in [1.29, 1.82) is 0 Å². The van der Waals surface area contributed by atoms with Gasteiger partial charge >= 0.3 is 5.97 Å². The molecule has 0 aliphatic heterocycles. The maximum Gasteiger partial charge on any atom is 0.309 e. The molecule has 0 amide bonds. The molecule has 0 spiro atoms. The van der Waals surface area contributed by atoms with Crippen molar-refractivity contribution < 1.29 is 14.0 Å². The summed E-state index contributed by atoms with van der Waals surface area (Å²) in [7, 11) is -1.20. The molecule has 0 fully saturated rings. The molecule has 0 radical (unpaired) electrons. The number of benzene rings is 2. The summed E-state index contributed by atoms with van der Waals surface area (Å²) >= 11 is 0. The fourth-order valence-corrected chi connectivity index (χ4v) is 8.77. The molecule has 0 aliphatic carbocycles. The lowest BCUT2D eigenvalue weighted by Crippen LogP contribution is -2.67. The van der Waals surface area contributed by atoms with Crippen LogP contribution in [0.1, 0.15) is 59.8 Å². The Labute approximate surface area is 189 Å². The molecule has 168 valence electrons. The van der Waals surface area contributed by atoms with Gasteiger partial charge in [-0.3, -0.25) is 4.79 Å². The highest BCUT2D eigenvalue weighted by molar-refractivity contribution is 6.99. The van der Waals surface area contributed by atoms with Crippen molar-refractivity contribution >= 4 is 24.7 Å². The van der Waals surface area contributed by atoms with Crippen molar-refractivity contribution in [3.8, 4) is 0 Å². The van der Waals surface area contributed by atoms with Gasteiger partial charge in [0.15, 0.2) is 0 Å². The summed E-state index contributed by atoms with van der Waals surface area (Å²) in [6.07, 6.45) is 8.57. The first-order valence-corrected chi connectivity index (χ1v) is 13.3. The molecule has 4 heteroatoms. The van der Waals surface area contributed by atoms with Gasteiger partial charge in [0, 0.05) is 0 Å². The third-order valence-corrected chi connectivity index (χ3v) is 10.8. The van der Waals surface area contributed by atoms with Crippen LogP contribution in [0.15, 0.2) is 72.8 Å². The van der Waals surface area contributed by atoms with Crippen molar-refractivity contribution in [2.75, 3.05) is 7.11 Å². The Morgan fingerprint density at radius 3 is 1.97 bits per heavy atom. The average Bonchev–Trinajstić information content (AvgIpc) is 2.77. The number of unbranched alkanes of at least 4 members (excludes halogenated alkanes) is 2. The zero-order valence-electron chi connectivity index (χ0n) is 19.8. The van der Waals surface area contributed by atoms with Crippen molar-refractivity contribution in [2.45, 2.75) is 70.9 Å². The van der Waals surface area contributed by atoms with E-state index in [4.69, 9.17) is 9.16 Å². The molecule has 2 rings (SSSR count). The third kappa shape index (κ3) is 6.65. The van der Waals surface area contributed by atoms with E-state index < -0.39 is 8.32 Å². The van der Waals surface area contributed by atoms with Gasteiger partial charge in [-0.25, -0.2) is 0 Å². The molecule has 2 aromatic carbocycles. The number of carbonyl (C=O) groups is 1. The Balaban J connectivity index is 2.53. The van der Waals surface area contributed by atoms with Crippen LogP contribution < -0.4 is 10.4 Å². The second-order valence-corrected chi connectivity index (χ2v) is 13.3. The molecule has 2 aromatic rings. The first-order valence-electron chi connectivity index (χ1n) is 11.4. The highest BCUT2D eigenvalue weighted by Gasteiger charge is 2.51. The average molecular weight is 439 g/mol. The summed E-state index contributed by atoms with van der Waals surface area (Å²) in [4.78, 5) is 11.6. The minimum Gasteiger partial charge on any atom is -0.469 e. The van der Waals surface area contributed by atoms with Crippen molar-refractivity contribution in [2.24, 2.45) is 0 Å². The number of hydrogen-bond acceptors (Lipinski definition) is 3. The van der Waals surface area contributed by atoms with E-state index in [1.807, 2.05) is 6.08 Å². The van der Waals surface area contributed by atoms with Gasteiger partial charge in [-0.05, 0) is 21.8 Å². The monoisotopic (exact) mass is 438 g/mol. The molecule has 1 atom stereocenters. The first kappa shape index (κ1) is 25.1. The molecular weight excluding hydrogens is 400 g/mol. The standard InChI is InChI=1S/C27H38O3Si/c1-6-7-10-16-23(17-15-22-26(28)29-5)30-31(27(2,3)4,24-18-11-8-12-19-24)25-20-13-9-14-21-25/h8-9,11-15,17-21,23H,6-7,10,16,22H2,1-5H3/b17-15+/t23-/m1/s1. The molecule has 0 bridgehead atoms. The van der Waals surface area contributed by atoms with Crippen LogP contribution in [0.25, 0.3) is 0 Å². The van der Waals surface area contributed by atoms with Gasteiger partial charge in [0.25, 0.3) is 8.32 Å². The van der Waals surface area contributed by atoms with E-state index >= 15 is 0 Å². The van der Waals surface area contributed by atoms with E-state index in [1.165, 1.54) is 23.9 Å². The second-order valence-electron chi connectivity index (χ2n) is 9.02. The number of ether oxygens (including phenoxy) is 1. The number of hydrogen-bond donors (Lipinski definition) is 0. The van der Waals surface area contributed by atoms with Gasteiger partial charge in [-0.15, -0.1) is 0 Å². The summed E-state index contributed by atoms with van der Waals surface area (Å²) in [6.45, 7) is 9.09. The molecule has 0 aromatic heterocycles. The summed E-state index contributed by atoms with van der Waals surface area (Å²) < 4.78 is 12.0. The Bertz CT molecular complexity index is 770. The molecule has 3 nitrogen and oxygen atoms in total. The molecule has 31 heavy (non-hydrogen) atoms. The lowest BCUT2D eigenvalue weighted by atomic mass is 10.1. The predicted octanol–water partition coefficient (Wildman–Crippen LogP) is 5.63. The van der Waals surface area contributed by atoms with E-state index in [9.17, 15) is 4.79 Å². The van der Waals surface area contributed by atoms with Crippen LogP contribution in [0.3, 0.4) is 0 Å². The van der Waals surface area contributed by atoms with Crippen LogP contribution in [0.5, 0.6) is 0 Å². The minimum absolute atomic E-state index is 0.0532. The van der Waals surface area contributed by atoms with Gasteiger partial charge in [0.05, 0.1) is 19.6 Å². The maximum absolute atomic E-state index is 11.6. The highest BCUT2D eigenvalue weighted by atomic mass is 28.4. The SMILES string of the molecule is CCCCC[C@H](/C=C/CC(=O)OC)O[Si](c1ccccc1)(c1ccccc1)C(C)(C)C. The Kier molecular flexibility index (Phi) is 9.72. The largest absolute Gasteiger partial charge is 0.469 e. The molecule has 0 saturated carbocycles. The quantitative estimate of drug-likeness (QED) is 0.197. The van der Waals surface area contributed by atoms with Crippen LogP contribution in [0.4, 0.5) is 0 Å². The molecule has 0 saturated heterocycles. The predicted molar refractivity (Wildman–Crippen MR) is 132 cm³/mol. The van der Waals surface area contributed by atoms with Crippen LogP contribution in [-0.4, -0.2) is 27.5 Å². The van der Waals surface area contributed by atoms with E-state index in [-0.39, 0.29) is 23.5 Å². The van der Waals surface area contributed by atoms with Crippen LogP contribution in [0.2, 0.25) is 5.04 Å². The fraction of sp³-hybridized carbons (Fsp3) is 0.444. The normalized spacial score (nSPS) is 13.3. The molecule has 0 aliphatic rings. The fourth-order valence-electron chi connectivity index (χ4n) is 4.11. The zero-order chi connectivity index (χ0) is 22.7. The van der Waals surface area contributed by atoms with E-state index in [0.717, 1.165) is 19.3 Å². The Morgan fingerprint density at radius 2 is 1.52 bits per heavy atom. The molecule has 0 N–H and O–H groups in total. The van der Waals surface area contributed by atoms with E-state index in [1.54, 1.807) is 0 Å². The van der Waals surface area contributed by atoms with Gasteiger partial charge in [-0.2, -0.15) is 0 Å². The number of carbonyl (C=O) groups excluding carboxylic acids is 1. The van der Waals surface area contributed by atoms with Crippen molar-refractivity contribution in [1.82, 2.24) is 0 Å². The van der Waals surface area contributed by atoms with Crippen LogP contribution >= 0.6 is 0 Å². The number of methoxy groups -OCH3 is 1. The zero-order valence-corrected chi connectivity index (χ0v) is 20.8. The van der Waals surface area contributed by atoms with Gasteiger partial charge in [0.2, 0.25) is 0 Å². The smallest absolute Gasteiger partial charge is 0.309 e. The summed E-state index contributed by atoms with van der Waals surface area (Å²) in [6, 6.07) is 21.4. The van der Waals surface area contributed by atoms with Crippen LogP contribution in [0, 0.1) is 0 Å². The lowest BCUT2D eigenvalue weighted by Gasteiger charge is -2.45. The molecular formula is C27H38O3Si. The topological polar surface area (TPSA) is 35.5 Å². The molecule has 0 unspecified atom stereocenters. The molecule has 0 heterocycles. The lowest BCUT2D eigenvalue weighted by molar-refractivity contribution is -0.139. The third-order valence-electron chi connectivity index (χ3n) is 5.70. The van der Waals surface area contributed by atoms with Crippen molar-refractivity contribution in [3.63, 3.8) is 0 Å². The van der Waals surface area contributed by atoms with Crippen LogP contribution in [-0.2, 0) is 14.0 Å². The highest BCUT2D eigenvalue weighted by Crippen LogP contribution is 2.38. The van der Waals surface area contributed by atoms with E-state index in [2.05, 4.69) is 94.4 Å². The van der Waals surface area contributed by atoms with E-state index in [0.29, 0.717) is 0 Å². The minimum atomic E-state index is -2.63. The first-order chi connectivity index (χ1) is 14.8. The summed E-state index contributed by atoms with van der Waals surface area (Å²) in [5.74, 6) is -0.228. The maximum atomic E-state index is 11.6. The van der Waals surface area contributed by atoms with Gasteiger partial charge in [0.1, 0.15) is 0 Å². The second kappa shape index (κ2) is 12.0. The van der Waals surface area contributed by atoms with Crippen molar-refractivity contribution in [3.05, 3.63) is 72.8 Å².